The number of rotatable bonds is 7. The van der Waals surface area contributed by atoms with Crippen LogP contribution in [0.1, 0.15) is 45.4 Å². The predicted molar refractivity (Wildman–Crippen MR) is 56.3 cm³/mol. The summed E-state index contributed by atoms with van der Waals surface area (Å²) in [4.78, 5) is 0. The van der Waals surface area contributed by atoms with Gasteiger partial charge in [0, 0.05) is 0 Å². The zero-order valence-electron chi connectivity index (χ0n) is 9.77. The lowest BCUT2D eigenvalue weighted by molar-refractivity contribution is -0.870. The van der Waals surface area contributed by atoms with Crippen LogP contribution < -0.4 is 12.4 Å². The van der Waals surface area contributed by atoms with Crippen LogP contribution in [0.25, 0.3) is 0 Å². The number of halogens is 1. The second-order valence-electron chi connectivity index (χ2n) is 4.78. The Morgan fingerprint density at radius 2 is 1.23 bits per heavy atom. The molecule has 0 rings (SSSR count). The van der Waals surface area contributed by atoms with Crippen molar-refractivity contribution in [1.82, 2.24) is 0 Å². The van der Waals surface area contributed by atoms with Crippen LogP contribution in [0.2, 0.25) is 0 Å². The van der Waals surface area contributed by atoms with E-state index in [2.05, 4.69) is 28.1 Å². The van der Waals surface area contributed by atoms with E-state index >= 15 is 0 Å². The van der Waals surface area contributed by atoms with Crippen LogP contribution in [0.4, 0.5) is 0 Å². The molecule has 0 N–H and O–H groups in total. The van der Waals surface area contributed by atoms with Gasteiger partial charge in [-0.05, 0) is 12.8 Å². The standard InChI is InChI=1S/C11H26N.ClH/c1-5-6-7-8-9-10-11-12(2,3)4;/h5-11H2,1-4H3;1H/q+1;/p-1. The summed E-state index contributed by atoms with van der Waals surface area (Å²) in [6.45, 7) is 3.60. The lowest BCUT2D eigenvalue weighted by Gasteiger charge is -2.23. The molecule has 0 heterocycles. The minimum atomic E-state index is 0. The molecule has 0 unspecified atom stereocenters. The Bertz CT molecular complexity index is 96.8. The first kappa shape index (κ1) is 15.7. The van der Waals surface area contributed by atoms with Gasteiger partial charge in [-0.2, -0.15) is 0 Å². The molecule has 0 aromatic rings. The van der Waals surface area contributed by atoms with E-state index in [1.807, 2.05) is 0 Å². The van der Waals surface area contributed by atoms with Gasteiger partial charge in [0.2, 0.25) is 0 Å². The maximum Gasteiger partial charge on any atom is 0.0780 e. The number of quaternary nitrogens is 1. The summed E-state index contributed by atoms with van der Waals surface area (Å²) in [5.74, 6) is 0. The molecule has 82 valence electrons. The zero-order valence-corrected chi connectivity index (χ0v) is 10.5. The Kier molecular flexibility index (Phi) is 10.7. The Morgan fingerprint density at radius 3 is 1.69 bits per heavy atom. The summed E-state index contributed by atoms with van der Waals surface area (Å²) in [6, 6.07) is 0. The number of unbranched alkanes of at least 4 members (excludes halogenated alkanes) is 5. The summed E-state index contributed by atoms with van der Waals surface area (Å²) in [7, 11) is 6.81. The second kappa shape index (κ2) is 8.83. The molecule has 0 saturated heterocycles. The lowest BCUT2D eigenvalue weighted by Crippen LogP contribution is -3.00. The second-order valence-corrected chi connectivity index (χ2v) is 4.78. The first-order valence-electron chi connectivity index (χ1n) is 5.36. The summed E-state index contributed by atoms with van der Waals surface area (Å²) in [6.07, 6.45) is 8.48. The van der Waals surface area contributed by atoms with Gasteiger partial charge in [-0.1, -0.05) is 32.6 Å². The van der Waals surface area contributed by atoms with Crippen molar-refractivity contribution in [2.45, 2.75) is 45.4 Å². The normalized spacial score (nSPS) is 11.1. The average Bonchev–Trinajstić information content (AvgIpc) is 1.94. The molecule has 0 aliphatic heterocycles. The maximum absolute atomic E-state index is 2.27. The van der Waals surface area contributed by atoms with E-state index in [9.17, 15) is 0 Å². The first-order chi connectivity index (χ1) is 5.56. The largest absolute Gasteiger partial charge is 1.00 e. The molecule has 1 nitrogen and oxygen atoms in total. The molecular formula is C11H26ClN. The molecule has 13 heavy (non-hydrogen) atoms. The highest BCUT2D eigenvalue weighted by Gasteiger charge is 2.04. The van der Waals surface area contributed by atoms with Gasteiger partial charge in [-0.3, -0.25) is 0 Å². The van der Waals surface area contributed by atoms with Crippen LogP contribution in [0.3, 0.4) is 0 Å². The zero-order chi connectivity index (χ0) is 9.45. The van der Waals surface area contributed by atoms with Gasteiger partial charge in [0.15, 0.2) is 0 Å². The van der Waals surface area contributed by atoms with Crippen molar-refractivity contribution >= 4 is 0 Å². The third kappa shape index (κ3) is 15.0. The van der Waals surface area contributed by atoms with Crippen LogP contribution in [0.5, 0.6) is 0 Å². The van der Waals surface area contributed by atoms with Gasteiger partial charge < -0.3 is 16.9 Å². The van der Waals surface area contributed by atoms with Gasteiger partial charge in [-0.15, -0.1) is 0 Å². The van der Waals surface area contributed by atoms with Crippen molar-refractivity contribution < 1.29 is 16.9 Å². The maximum atomic E-state index is 2.27. The van der Waals surface area contributed by atoms with Crippen molar-refractivity contribution in [1.29, 1.82) is 0 Å². The molecule has 2 heteroatoms. The Balaban J connectivity index is 0. The minimum Gasteiger partial charge on any atom is -1.00 e. The summed E-state index contributed by atoms with van der Waals surface area (Å²) in [5, 5.41) is 0. The van der Waals surface area contributed by atoms with Crippen LogP contribution in [0, 0.1) is 0 Å². The topological polar surface area (TPSA) is 0 Å². The monoisotopic (exact) mass is 207 g/mol. The van der Waals surface area contributed by atoms with Gasteiger partial charge in [-0.25, -0.2) is 0 Å². The Labute approximate surface area is 90.5 Å². The van der Waals surface area contributed by atoms with Crippen molar-refractivity contribution in [3.8, 4) is 0 Å². The van der Waals surface area contributed by atoms with Crippen LogP contribution >= 0.6 is 0 Å². The Hall–Kier alpha value is 0.250. The number of hydrogen-bond donors (Lipinski definition) is 0. The van der Waals surface area contributed by atoms with Crippen molar-refractivity contribution in [3.05, 3.63) is 0 Å². The molecule has 0 atom stereocenters. The van der Waals surface area contributed by atoms with Crippen LogP contribution in [0.15, 0.2) is 0 Å². The fourth-order valence-corrected chi connectivity index (χ4v) is 1.37. The molecule has 0 aromatic carbocycles. The molecule has 0 bridgehead atoms. The van der Waals surface area contributed by atoms with E-state index < -0.39 is 0 Å². The van der Waals surface area contributed by atoms with Gasteiger partial charge in [0.1, 0.15) is 0 Å². The van der Waals surface area contributed by atoms with E-state index in [1.54, 1.807) is 0 Å². The smallest absolute Gasteiger partial charge is 0.0780 e. The van der Waals surface area contributed by atoms with E-state index in [1.165, 1.54) is 45.1 Å². The fourth-order valence-electron chi connectivity index (χ4n) is 1.37. The third-order valence-corrected chi connectivity index (χ3v) is 2.18. The van der Waals surface area contributed by atoms with Crippen molar-refractivity contribution in [2.75, 3.05) is 27.7 Å². The SMILES string of the molecule is CCCCCCCC[N+](C)(C)C.[Cl-]. The van der Waals surface area contributed by atoms with Crippen molar-refractivity contribution in [3.63, 3.8) is 0 Å². The highest BCUT2D eigenvalue weighted by molar-refractivity contribution is 4.42. The van der Waals surface area contributed by atoms with Crippen LogP contribution in [-0.2, 0) is 0 Å². The molecule has 0 saturated carbocycles. The molecule has 0 aliphatic carbocycles. The van der Waals surface area contributed by atoms with E-state index in [0.717, 1.165) is 4.48 Å². The first-order valence-corrected chi connectivity index (χ1v) is 5.36. The molecule has 0 amide bonds. The molecular weight excluding hydrogens is 182 g/mol. The molecule has 0 aromatic heterocycles. The number of nitrogens with zero attached hydrogens (tertiary/aromatic N) is 1. The van der Waals surface area contributed by atoms with E-state index in [0.29, 0.717) is 0 Å². The van der Waals surface area contributed by atoms with Crippen LogP contribution in [-0.4, -0.2) is 32.2 Å². The summed E-state index contributed by atoms with van der Waals surface area (Å²) in [5.41, 5.74) is 0. The Morgan fingerprint density at radius 1 is 0.769 bits per heavy atom. The predicted octanol–water partition coefficient (Wildman–Crippen LogP) is 0.0571. The van der Waals surface area contributed by atoms with Gasteiger partial charge in [0.25, 0.3) is 0 Å². The van der Waals surface area contributed by atoms with Gasteiger partial charge in [0.05, 0.1) is 27.7 Å². The van der Waals surface area contributed by atoms with Gasteiger partial charge >= 0.3 is 0 Å². The highest BCUT2D eigenvalue weighted by Crippen LogP contribution is 2.06. The van der Waals surface area contributed by atoms with E-state index in [-0.39, 0.29) is 12.4 Å². The third-order valence-electron chi connectivity index (χ3n) is 2.18. The number of hydrogen-bond acceptors (Lipinski definition) is 0. The fraction of sp³-hybridized carbons (Fsp3) is 1.00. The van der Waals surface area contributed by atoms with Crippen molar-refractivity contribution in [2.24, 2.45) is 0 Å². The average molecular weight is 208 g/mol. The minimum absolute atomic E-state index is 0. The molecule has 0 radical (unpaired) electrons. The molecule has 0 spiro atoms. The van der Waals surface area contributed by atoms with E-state index in [4.69, 9.17) is 0 Å². The highest BCUT2D eigenvalue weighted by atomic mass is 35.5. The quantitative estimate of drug-likeness (QED) is 0.409. The molecule has 0 fully saturated rings. The summed E-state index contributed by atoms with van der Waals surface area (Å²) >= 11 is 0. The lowest BCUT2D eigenvalue weighted by atomic mass is 10.1. The molecule has 0 aliphatic rings. The summed E-state index contributed by atoms with van der Waals surface area (Å²) < 4.78 is 1.12.